The van der Waals surface area contributed by atoms with E-state index in [2.05, 4.69) is 36.6 Å². The second kappa shape index (κ2) is 8.44. The van der Waals surface area contributed by atoms with Crippen LogP contribution in [0.3, 0.4) is 0 Å². The van der Waals surface area contributed by atoms with E-state index in [1.807, 2.05) is 61.1 Å². The summed E-state index contributed by atoms with van der Waals surface area (Å²) in [6.07, 6.45) is 1.10. The molecule has 3 rings (SSSR count). The molecule has 0 aliphatic carbocycles. The maximum absolute atomic E-state index is 12.9. The van der Waals surface area contributed by atoms with E-state index in [1.165, 1.54) is 5.56 Å². The molecule has 0 spiro atoms. The molecular weight excluding hydrogens is 368 g/mol. The van der Waals surface area contributed by atoms with Gasteiger partial charge in [0, 0.05) is 12.7 Å². The fraction of sp³-hybridized carbons (Fsp3) is 0.273. The molecule has 1 heterocycles. The van der Waals surface area contributed by atoms with Crippen LogP contribution in [-0.2, 0) is 7.05 Å². The summed E-state index contributed by atoms with van der Waals surface area (Å²) in [6, 6.07) is 17.8. The predicted octanol–water partition coefficient (Wildman–Crippen LogP) is 4.81. The number of aromatic nitrogens is 2. The van der Waals surface area contributed by atoms with Gasteiger partial charge in [-0.3, -0.25) is 9.48 Å². The number of para-hydroxylation sites is 1. The fourth-order valence-electron chi connectivity index (χ4n) is 3.12. The maximum Gasteiger partial charge on any atom is 0.295 e. The lowest BCUT2D eigenvalue weighted by atomic mass is 9.99. The van der Waals surface area contributed by atoms with Crippen LogP contribution in [-0.4, -0.2) is 14.5 Å². The molecule has 28 heavy (non-hydrogen) atoms. The Balaban J connectivity index is 1.79. The predicted molar refractivity (Wildman–Crippen MR) is 121 cm³/mol. The average Bonchev–Trinajstić information content (AvgIpc) is 2.92. The maximum atomic E-state index is 12.9. The normalized spacial score (nSPS) is 11.9. The smallest absolute Gasteiger partial charge is 0.295 e. The molecule has 1 aromatic heterocycles. The van der Waals surface area contributed by atoms with Crippen LogP contribution >= 0.6 is 12.2 Å². The first-order chi connectivity index (χ1) is 13.4. The molecule has 3 aromatic rings. The summed E-state index contributed by atoms with van der Waals surface area (Å²) in [7, 11) is 1.86. The van der Waals surface area contributed by atoms with Crippen molar-refractivity contribution in [1.82, 2.24) is 9.36 Å². The highest BCUT2D eigenvalue weighted by Crippen LogP contribution is 2.21. The highest BCUT2D eigenvalue weighted by Gasteiger charge is 2.17. The molecule has 5 nitrogen and oxygen atoms in total. The summed E-state index contributed by atoms with van der Waals surface area (Å²) in [5.74, 6) is 0.530. The van der Waals surface area contributed by atoms with Crippen LogP contribution in [0.5, 0.6) is 0 Å². The van der Waals surface area contributed by atoms with Crippen molar-refractivity contribution in [3.8, 4) is 5.69 Å². The second-order valence-corrected chi connectivity index (χ2v) is 7.36. The third-order valence-electron chi connectivity index (χ3n) is 5.14. The first-order valence-corrected chi connectivity index (χ1v) is 9.85. The second-order valence-electron chi connectivity index (χ2n) is 6.95. The molecule has 1 unspecified atom stereocenters. The van der Waals surface area contributed by atoms with Gasteiger partial charge in [-0.05, 0) is 61.3 Å². The van der Waals surface area contributed by atoms with Gasteiger partial charge in [-0.15, -0.1) is 0 Å². The molecule has 2 N–H and O–H groups in total. The molecular formula is C22H26N4OS. The highest BCUT2D eigenvalue weighted by molar-refractivity contribution is 7.80. The molecule has 0 aliphatic heterocycles. The van der Waals surface area contributed by atoms with Gasteiger partial charge < -0.3 is 10.6 Å². The summed E-state index contributed by atoms with van der Waals surface area (Å²) in [5.41, 5.74) is 4.15. The topological polar surface area (TPSA) is 51.0 Å². The average molecular weight is 395 g/mol. The fourth-order valence-corrected chi connectivity index (χ4v) is 3.34. The zero-order valence-corrected chi connectivity index (χ0v) is 17.5. The number of rotatable bonds is 5. The molecule has 0 aliphatic rings. The van der Waals surface area contributed by atoms with E-state index in [1.54, 1.807) is 4.68 Å². The van der Waals surface area contributed by atoms with Gasteiger partial charge in [-0.25, -0.2) is 4.68 Å². The minimum atomic E-state index is -0.137. The number of hydrogen-bond acceptors (Lipinski definition) is 2. The van der Waals surface area contributed by atoms with Crippen LogP contribution in [0.2, 0.25) is 0 Å². The Hall–Kier alpha value is -2.86. The third-order valence-corrected chi connectivity index (χ3v) is 5.35. The minimum Gasteiger partial charge on any atom is -0.332 e. The summed E-state index contributed by atoms with van der Waals surface area (Å²) in [6.45, 7) is 6.29. The lowest BCUT2D eigenvalue weighted by molar-refractivity contribution is 0.630. The summed E-state index contributed by atoms with van der Waals surface area (Å²) < 4.78 is 3.45. The van der Waals surface area contributed by atoms with Crippen molar-refractivity contribution in [2.24, 2.45) is 7.05 Å². The zero-order valence-electron chi connectivity index (χ0n) is 16.7. The number of nitrogens with zero attached hydrogens (tertiary/aromatic N) is 2. The van der Waals surface area contributed by atoms with Crippen molar-refractivity contribution in [2.75, 3.05) is 10.6 Å². The molecule has 1 atom stereocenters. The first kappa shape index (κ1) is 19.9. The Labute approximate surface area is 171 Å². The van der Waals surface area contributed by atoms with Gasteiger partial charge in [-0.1, -0.05) is 44.2 Å². The van der Waals surface area contributed by atoms with Crippen molar-refractivity contribution in [3.05, 3.63) is 76.2 Å². The first-order valence-electron chi connectivity index (χ1n) is 9.44. The van der Waals surface area contributed by atoms with Gasteiger partial charge in [0.05, 0.1) is 11.4 Å². The van der Waals surface area contributed by atoms with Gasteiger partial charge in [0.1, 0.15) is 5.69 Å². The lowest BCUT2D eigenvalue weighted by Gasteiger charge is -2.12. The SMILES string of the molecule is CCC(C)c1ccc(NC(=S)Nc2c(C)n(C)n(-c3ccccc3)c2=O)cc1. The van der Waals surface area contributed by atoms with E-state index in [4.69, 9.17) is 12.2 Å². The zero-order chi connectivity index (χ0) is 20.3. The molecule has 0 radical (unpaired) electrons. The van der Waals surface area contributed by atoms with Gasteiger partial charge in [-0.2, -0.15) is 0 Å². The third kappa shape index (κ3) is 4.02. The minimum absolute atomic E-state index is 0.137. The Morgan fingerprint density at radius 1 is 1.07 bits per heavy atom. The summed E-state index contributed by atoms with van der Waals surface area (Å²) in [5, 5.41) is 6.62. The van der Waals surface area contributed by atoms with E-state index in [0.29, 0.717) is 16.7 Å². The van der Waals surface area contributed by atoms with Gasteiger partial charge >= 0.3 is 0 Å². The molecule has 0 saturated heterocycles. The Morgan fingerprint density at radius 2 is 1.71 bits per heavy atom. The molecule has 146 valence electrons. The van der Waals surface area contributed by atoms with Crippen LogP contribution < -0.4 is 16.2 Å². The number of benzene rings is 2. The van der Waals surface area contributed by atoms with Crippen LogP contribution in [0.25, 0.3) is 5.69 Å². The molecule has 6 heteroatoms. The van der Waals surface area contributed by atoms with Gasteiger partial charge in [0.2, 0.25) is 0 Å². The van der Waals surface area contributed by atoms with Crippen LogP contribution in [0, 0.1) is 6.92 Å². The van der Waals surface area contributed by atoms with Gasteiger partial charge in [0.25, 0.3) is 5.56 Å². The molecule has 2 aromatic carbocycles. The van der Waals surface area contributed by atoms with E-state index in [-0.39, 0.29) is 5.56 Å². The molecule has 0 saturated carbocycles. The van der Waals surface area contributed by atoms with Crippen molar-refractivity contribution >= 4 is 28.7 Å². The Kier molecular flexibility index (Phi) is 5.99. The van der Waals surface area contributed by atoms with Crippen LogP contribution in [0.4, 0.5) is 11.4 Å². The van der Waals surface area contributed by atoms with Crippen molar-refractivity contribution in [2.45, 2.75) is 33.1 Å². The largest absolute Gasteiger partial charge is 0.332 e. The molecule has 0 fully saturated rings. The van der Waals surface area contributed by atoms with Crippen LogP contribution in [0.1, 0.15) is 37.4 Å². The van der Waals surface area contributed by atoms with E-state index in [9.17, 15) is 4.79 Å². The quantitative estimate of drug-likeness (QED) is 0.610. The standard InChI is InChI=1S/C22H26N4OS/c1-5-15(2)17-11-13-18(14-12-17)23-22(28)24-20-16(3)25(4)26(21(20)27)19-9-7-6-8-10-19/h6-15H,5H2,1-4H3,(H2,23,24,28). The molecule has 0 bridgehead atoms. The number of nitrogens with one attached hydrogen (secondary N) is 2. The van der Waals surface area contributed by atoms with Crippen molar-refractivity contribution < 1.29 is 0 Å². The van der Waals surface area contributed by atoms with E-state index >= 15 is 0 Å². The van der Waals surface area contributed by atoms with Gasteiger partial charge in [0.15, 0.2) is 5.11 Å². The number of thiocarbonyl (C=S) groups is 1. The Morgan fingerprint density at radius 3 is 2.32 bits per heavy atom. The van der Waals surface area contributed by atoms with Crippen molar-refractivity contribution in [1.29, 1.82) is 0 Å². The van der Waals surface area contributed by atoms with Crippen molar-refractivity contribution in [3.63, 3.8) is 0 Å². The monoisotopic (exact) mass is 394 g/mol. The Bertz CT molecular complexity index is 1020. The molecule has 0 amide bonds. The van der Waals surface area contributed by atoms with Crippen LogP contribution in [0.15, 0.2) is 59.4 Å². The van der Waals surface area contributed by atoms with E-state index < -0.39 is 0 Å². The summed E-state index contributed by atoms with van der Waals surface area (Å²) in [4.78, 5) is 12.9. The highest BCUT2D eigenvalue weighted by atomic mass is 32.1. The number of hydrogen-bond donors (Lipinski definition) is 2. The van der Waals surface area contributed by atoms with E-state index in [0.717, 1.165) is 23.5 Å². The number of anilines is 2. The lowest BCUT2D eigenvalue weighted by Crippen LogP contribution is -2.25. The summed E-state index contributed by atoms with van der Waals surface area (Å²) >= 11 is 5.43.